The molecule has 1 N–H and O–H groups in total. The molecule has 1 atom stereocenters. The van der Waals surface area contributed by atoms with Crippen LogP contribution in [0.5, 0.6) is 0 Å². The van der Waals surface area contributed by atoms with Crippen molar-refractivity contribution < 1.29 is 14.3 Å². The lowest BCUT2D eigenvalue weighted by molar-refractivity contribution is 0.0170. The molecule has 0 aromatic carbocycles. The predicted molar refractivity (Wildman–Crippen MR) is 64.0 cm³/mol. The van der Waals surface area contributed by atoms with Crippen molar-refractivity contribution in [2.24, 2.45) is 0 Å². The molecule has 0 amide bonds. The molecule has 0 aliphatic rings. The van der Waals surface area contributed by atoms with Gasteiger partial charge in [0.05, 0.1) is 24.8 Å². The normalized spacial score (nSPS) is 12.4. The van der Waals surface area contributed by atoms with Gasteiger partial charge in [-0.25, -0.2) is 4.79 Å². The van der Waals surface area contributed by atoms with Crippen molar-refractivity contribution in [1.82, 2.24) is 9.55 Å². The number of rotatable bonds is 6. The fourth-order valence-electron chi connectivity index (χ4n) is 1.51. The molecule has 7 nitrogen and oxygen atoms in total. The number of carbonyl (C=O) groups is 1. The fraction of sp³-hybridized carbons (Fsp3) is 0.545. The molecule has 0 bridgehead atoms. The standard InChI is InChI=1S/C11H16N2O5/c1-7(14)9-4-12-11(16)13(10(9)15)5-8(18-3)6-17-2/h4,8H,5-6H2,1-3H3,(H,12,16). The minimum atomic E-state index is -0.621. The fourth-order valence-corrected chi connectivity index (χ4v) is 1.51. The van der Waals surface area contributed by atoms with Gasteiger partial charge in [0.25, 0.3) is 5.56 Å². The number of methoxy groups -OCH3 is 2. The van der Waals surface area contributed by atoms with Gasteiger partial charge in [-0.05, 0) is 6.92 Å². The first-order valence-electron chi connectivity index (χ1n) is 5.36. The molecule has 1 aromatic heterocycles. The summed E-state index contributed by atoms with van der Waals surface area (Å²) in [7, 11) is 2.95. The number of Topliss-reactive ketones (excluding diaryl/α,β-unsaturated/α-hetero) is 1. The van der Waals surface area contributed by atoms with Crippen molar-refractivity contribution in [2.75, 3.05) is 20.8 Å². The maximum absolute atomic E-state index is 11.9. The van der Waals surface area contributed by atoms with E-state index in [1.807, 2.05) is 0 Å². The van der Waals surface area contributed by atoms with Gasteiger partial charge in [0, 0.05) is 20.4 Å². The van der Waals surface area contributed by atoms with Gasteiger partial charge in [-0.3, -0.25) is 14.2 Å². The van der Waals surface area contributed by atoms with Gasteiger partial charge < -0.3 is 14.5 Å². The second kappa shape index (κ2) is 6.27. The van der Waals surface area contributed by atoms with Gasteiger partial charge >= 0.3 is 5.69 Å². The summed E-state index contributed by atoms with van der Waals surface area (Å²) in [6, 6.07) is 0. The first kappa shape index (κ1) is 14.3. The Bertz CT molecular complexity index is 531. The molecule has 0 spiro atoms. The Kier molecular flexibility index (Phi) is 4.99. The Balaban J connectivity index is 3.15. The monoisotopic (exact) mass is 256 g/mol. The van der Waals surface area contributed by atoms with E-state index in [0.29, 0.717) is 0 Å². The molecule has 0 radical (unpaired) electrons. The molecule has 0 aliphatic carbocycles. The molecular formula is C11H16N2O5. The molecule has 1 heterocycles. The zero-order chi connectivity index (χ0) is 13.7. The molecule has 7 heteroatoms. The average molecular weight is 256 g/mol. The van der Waals surface area contributed by atoms with E-state index in [1.165, 1.54) is 21.1 Å². The maximum Gasteiger partial charge on any atom is 0.328 e. The number of H-pyrrole nitrogens is 1. The van der Waals surface area contributed by atoms with Gasteiger partial charge in [-0.1, -0.05) is 0 Å². The van der Waals surface area contributed by atoms with Crippen LogP contribution in [0.3, 0.4) is 0 Å². The van der Waals surface area contributed by atoms with Gasteiger partial charge in [-0.2, -0.15) is 0 Å². The molecule has 1 rings (SSSR count). The molecule has 100 valence electrons. The third-order valence-corrected chi connectivity index (χ3v) is 2.51. The van der Waals surface area contributed by atoms with Crippen molar-refractivity contribution in [3.63, 3.8) is 0 Å². The van der Waals surface area contributed by atoms with Crippen molar-refractivity contribution in [3.8, 4) is 0 Å². The van der Waals surface area contributed by atoms with Crippen LogP contribution in [0.4, 0.5) is 0 Å². The quantitative estimate of drug-likeness (QED) is 0.686. The largest absolute Gasteiger partial charge is 0.382 e. The third kappa shape index (κ3) is 3.14. The van der Waals surface area contributed by atoms with Gasteiger partial charge in [0.15, 0.2) is 5.78 Å². The Morgan fingerprint density at radius 1 is 1.44 bits per heavy atom. The van der Waals surface area contributed by atoms with E-state index in [0.717, 1.165) is 10.8 Å². The number of ether oxygens (including phenoxy) is 2. The highest BCUT2D eigenvalue weighted by Gasteiger charge is 2.15. The number of aromatic nitrogens is 2. The van der Waals surface area contributed by atoms with E-state index >= 15 is 0 Å². The lowest BCUT2D eigenvalue weighted by Gasteiger charge is -2.15. The van der Waals surface area contributed by atoms with Gasteiger partial charge in [0.2, 0.25) is 0 Å². The molecule has 0 aliphatic heterocycles. The first-order chi connectivity index (χ1) is 8.51. The summed E-state index contributed by atoms with van der Waals surface area (Å²) < 4.78 is 10.9. The number of hydrogen-bond acceptors (Lipinski definition) is 5. The number of nitrogens with zero attached hydrogens (tertiary/aromatic N) is 1. The summed E-state index contributed by atoms with van der Waals surface area (Å²) in [5.41, 5.74) is -1.26. The van der Waals surface area contributed by atoms with Crippen LogP contribution in [0, 0.1) is 0 Å². The van der Waals surface area contributed by atoms with Gasteiger partial charge in [-0.15, -0.1) is 0 Å². The van der Waals surface area contributed by atoms with Crippen LogP contribution >= 0.6 is 0 Å². The number of aromatic amines is 1. The minimum absolute atomic E-state index is 0.0274. The van der Waals surface area contributed by atoms with E-state index in [-0.39, 0.29) is 18.7 Å². The van der Waals surface area contributed by atoms with Crippen molar-refractivity contribution in [1.29, 1.82) is 0 Å². The highest BCUT2D eigenvalue weighted by atomic mass is 16.5. The molecule has 0 fully saturated rings. The summed E-state index contributed by atoms with van der Waals surface area (Å²) in [5, 5.41) is 0. The summed E-state index contributed by atoms with van der Waals surface area (Å²) in [5.74, 6) is -0.397. The van der Waals surface area contributed by atoms with Crippen LogP contribution in [0.15, 0.2) is 15.8 Å². The molecule has 1 unspecified atom stereocenters. The molecule has 0 saturated heterocycles. The zero-order valence-electron chi connectivity index (χ0n) is 10.6. The Hall–Kier alpha value is -1.73. The molecule has 1 aromatic rings. The molecule has 0 saturated carbocycles. The summed E-state index contributed by atoms with van der Waals surface area (Å²) >= 11 is 0. The maximum atomic E-state index is 11.9. The highest BCUT2D eigenvalue weighted by molar-refractivity contribution is 5.93. The Morgan fingerprint density at radius 2 is 2.11 bits per heavy atom. The molecule has 18 heavy (non-hydrogen) atoms. The Labute approximate surface area is 103 Å². The van der Waals surface area contributed by atoms with E-state index in [4.69, 9.17) is 9.47 Å². The van der Waals surface area contributed by atoms with Crippen LogP contribution in [0.2, 0.25) is 0 Å². The van der Waals surface area contributed by atoms with Crippen molar-refractivity contribution in [2.45, 2.75) is 19.6 Å². The van der Waals surface area contributed by atoms with E-state index < -0.39 is 23.1 Å². The van der Waals surface area contributed by atoms with Crippen LogP contribution in [0.25, 0.3) is 0 Å². The number of hydrogen-bond donors (Lipinski definition) is 1. The minimum Gasteiger partial charge on any atom is -0.382 e. The smallest absolute Gasteiger partial charge is 0.328 e. The number of nitrogens with one attached hydrogen (secondary N) is 1. The SMILES string of the molecule is COCC(Cn1c(=O)[nH]cc(C(C)=O)c1=O)OC. The first-order valence-corrected chi connectivity index (χ1v) is 5.36. The van der Waals surface area contributed by atoms with Crippen LogP contribution in [-0.4, -0.2) is 42.3 Å². The summed E-state index contributed by atoms with van der Waals surface area (Å²) in [4.78, 5) is 37.1. The lowest BCUT2D eigenvalue weighted by Crippen LogP contribution is -2.41. The highest BCUT2D eigenvalue weighted by Crippen LogP contribution is 1.94. The summed E-state index contributed by atoms with van der Waals surface area (Å²) in [6.45, 7) is 1.54. The van der Waals surface area contributed by atoms with E-state index in [1.54, 1.807) is 0 Å². The topological polar surface area (TPSA) is 90.4 Å². The summed E-state index contributed by atoms with van der Waals surface area (Å²) in [6.07, 6.45) is 0.692. The number of carbonyl (C=O) groups excluding carboxylic acids is 1. The van der Waals surface area contributed by atoms with Crippen molar-refractivity contribution in [3.05, 3.63) is 32.6 Å². The van der Waals surface area contributed by atoms with Gasteiger partial charge in [0.1, 0.15) is 0 Å². The average Bonchev–Trinajstić information content (AvgIpc) is 2.32. The number of ketones is 1. The second-order valence-corrected chi connectivity index (χ2v) is 3.79. The predicted octanol–water partition coefficient (Wildman–Crippen LogP) is -0.599. The third-order valence-electron chi connectivity index (χ3n) is 2.51. The van der Waals surface area contributed by atoms with Crippen LogP contribution < -0.4 is 11.2 Å². The Morgan fingerprint density at radius 3 is 2.61 bits per heavy atom. The van der Waals surface area contributed by atoms with E-state index in [2.05, 4.69) is 4.98 Å². The van der Waals surface area contributed by atoms with Crippen molar-refractivity contribution >= 4 is 5.78 Å². The van der Waals surface area contributed by atoms with Crippen LogP contribution in [-0.2, 0) is 16.0 Å². The second-order valence-electron chi connectivity index (χ2n) is 3.79. The van der Waals surface area contributed by atoms with Crippen LogP contribution in [0.1, 0.15) is 17.3 Å². The molecular weight excluding hydrogens is 240 g/mol. The lowest BCUT2D eigenvalue weighted by atomic mass is 10.2. The zero-order valence-corrected chi connectivity index (χ0v) is 10.6. The van der Waals surface area contributed by atoms with E-state index in [9.17, 15) is 14.4 Å².